The van der Waals surface area contributed by atoms with Gasteiger partial charge < -0.3 is 10.2 Å². The summed E-state index contributed by atoms with van der Waals surface area (Å²) < 4.78 is 0. The molecule has 1 amide bonds. The molecule has 6 heteroatoms. The number of hydrogen-bond acceptors (Lipinski definition) is 4. The van der Waals surface area contributed by atoms with Crippen molar-refractivity contribution in [1.82, 2.24) is 14.9 Å². The topological polar surface area (TPSA) is 58.1 Å². The SMILES string of the molecule is O=C(c1ccccc1-c1ccccc1)N1CCCC1CNc1ncc(Cl)cn1. The molecule has 1 fully saturated rings. The number of likely N-dealkylation sites (tertiary alicyclic amines) is 1. The number of benzene rings is 2. The van der Waals surface area contributed by atoms with Crippen LogP contribution in [0.1, 0.15) is 23.2 Å². The quantitative estimate of drug-likeness (QED) is 0.693. The fourth-order valence-electron chi connectivity index (χ4n) is 3.62. The van der Waals surface area contributed by atoms with E-state index in [1.165, 1.54) is 0 Å². The second-order valence-electron chi connectivity index (χ2n) is 6.81. The summed E-state index contributed by atoms with van der Waals surface area (Å²) in [6, 6.07) is 18.0. The Morgan fingerprint density at radius 1 is 1.07 bits per heavy atom. The summed E-state index contributed by atoms with van der Waals surface area (Å²) in [4.78, 5) is 23.6. The van der Waals surface area contributed by atoms with Crippen molar-refractivity contribution in [2.24, 2.45) is 0 Å². The Morgan fingerprint density at radius 3 is 2.57 bits per heavy atom. The van der Waals surface area contributed by atoms with Crippen LogP contribution in [0.15, 0.2) is 67.0 Å². The molecule has 1 N–H and O–H groups in total. The van der Waals surface area contributed by atoms with Gasteiger partial charge in [0.2, 0.25) is 5.95 Å². The molecule has 1 aliphatic heterocycles. The number of rotatable bonds is 5. The van der Waals surface area contributed by atoms with Gasteiger partial charge in [0, 0.05) is 24.7 Å². The lowest BCUT2D eigenvalue weighted by Crippen LogP contribution is -2.39. The van der Waals surface area contributed by atoms with E-state index in [1.54, 1.807) is 12.4 Å². The molecule has 1 aromatic heterocycles. The Kier molecular flexibility index (Phi) is 5.53. The van der Waals surface area contributed by atoms with Crippen molar-refractivity contribution in [1.29, 1.82) is 0 Å². The number of halogens is 1. The van der Waals surface area contributed by atoms with Gasteiger partial charge >= 0.3 is 0 Å². The van der Waals surface area contributed by atoms with Crippen LogP contribution in [0, 0.1) is 0 Å². The largest absolute Gasteiger partial charge is 0.352 e. The standard InChI is InChI=1S/C22H21ClN4O/c23-17-13-24-22(25-14-17)26-15-18-9-6-12-27(18)21(28)20-11-5-4-10-19(20)16-7-2-1-3-8-16/h1-5,7-8,10-11,13-14,18H,6,9,12,15H2,(H,24,25,26). The summed E-state index contributed by atoms with van der Waals surface area (Å²) in [5, 5.41) is 3.72. The van der Waals surface area contributed by atoms with Crippen molar-refractivity contribution in [2.75, 3.05) is 18.4 Å². The van der Waals surface area contributed by atoms with E-state index >= 15 is 0 Å². The van der Waals surface area contributed by atoms with E-state index in [0.29, 0.717) is 17.5 Å². The molecule has 142 valence electrons. The van der Waals surface area contributed by atoms with Crippen LogP contribution in [0.5, 0.6) is 0 Å². The number of aromatic nitrogens is 2. The Bertz CT molecular complexity index is 946. The number of nitrogens with one attached hydrogen (secondary N) is 1. The highest BCUT2D eigenvalue weighted by Gasteiger charge is 2.30. The Hall–Kier alpha value is -2.92. The molecular formula is C22H21ClN4O. The summed E-state index contributed by atoms with van der Waals surface area (Å²) in [6.07, 6.45) is 5.07. The van der Waals surface area contributed by atoms with E-state index in [2.05, 4.69) is 15.3 Å². The van der Waals surface area contributed by atoms with Gasteiger partial charge in [-0.2, -0.15) is 0 Å². The lowest BCUT2D eigenvalue weighted by Gasteiger charge is -2.26. The van der Waals surface area contributed by atoms with Gasteiger partial charge in [-0.3, -0.25) is 4.79 Å². The summed E-state index contributed by atoms with van der Waals surface area (Å²) in [6.45, 7) is 1.37. The molecule has 28 heavy (non-hydrogen) atoms. The van der Waals surface area contributed by atoms with Crippen LogP contribution in [0.2, 0.25) is 5.02 Å². The van der Waals surface area contributed by atoms with Crippen molar-refractivity contribution in [3.8, 4) is 11.1 Å². The van der Waals surface area contributed by atoms with Crippen LogP contribution in [-0.4, -0.2) is 39.9 Å². The highest BCUT2D eigenvalue weighted by atomic mass is 35.5. The predicted molar refractivity (Wildman–Crippen MR) is 111 cm³/mol. The van der Waals surface area contributed by atoms with Crippen LogP contribution in [0.3, 0.4) is 0 Å². The normalized spacial score (nSPS) is 16.2. The van der Waals surface area contributed by atoms with Crippen molar-refractivity contribution < 1.29 is 4.79 Å². The van der Waals surface area contributed by atoms with Crippen molar-refractivity contribution in [3.05, 3.63) is 77.6 Å². The molecule has 0 saturated carbocycles. The summed E-state index contributed by atoms with van der Waals surface area (Å²) in [7, 11) is 0. The maximum atomic E-state index is 13.4. The van der Waals surface area contributed by atoms with Gasteiger partial charge in [0.05, 0.1) is 17.4 Å². The minimum absolute atomic E-state index is 0.0702. The lowest BCUT2D eigenvalue weighted by atomic mass is 9.98. The number of carbonyl (C=O) groups excluding carboxylic acids is 1. The van der Waals surface area contributed by atoms with Gasteiger partial charge in [0.15, 0.2) is 0 Å². The monoisotopic (exact) mass is 392 g/mol. The summed E-state index contributed by atoms with van der Waals surface area (Å²) >= 11 is 5.83. The molecule has 5 nitrogen and oxygen atoms in total. The molecule has 2 heterocycles. The minimum Gasteiger partial charge on any atom is -0.352 e. The maximum absolute atomic E-state index is 13.4. The molecular weight excluding hydrogens is 372 g/mol. The highest BCUT2D eigenvalue weighted by Crippen LogP contribution is 2.27. The van der Waals surface area contributed by atoms with Crippen LogP contribution in [0.25, 0.3) is 11.1 Å². The number of anilines is 1. The zero-order valence-corrected chi connectivity index (χ0v) is 16.1. The molecule has 0 bridgehead atoms. The molecule has 3 aromatic rings. The second kappa shape index (κ2) is 8.40. The second-order valence-corrected chi connectivity index (χ2v) is 7.25. The molecule has 1 unspecified atom stereocenters. The van der Waals surface area contributed by atoms with Crippen LogP contribution >= 0.6 is 11.6 Å². The van der Waals surface area contributed by atoms with Crippen molar-refractivity contribution in [2.45, 2.75) is 18.9 Å². The van der Waals surface area contributed by atoms with Crippen LogP contribution < -0.4 is 5.32 Å². The maximum Gasteiger partial charge on any atom is 0.254 e. The summed E-state index contributed by atoms with van der Waals surface area (Å²) in [5.74, 6) is 0.592. The smallest absolute Gasteiger partial charge is 0.254 e. The zero-order chi connectivity index (χ0) is 19.3. The van der Waals surface area contributed by atoms with Gasteiger partial charge in [-0.15, -0.1) is 0 Å². The summed E-state index contributed by atoms with van der Waals surface area (Å²) in [5.41, 5.74) is 2.76. The van der Waals surface area contributed by atoms with Gasteiger partial charge in [0.1, 0.15) is 0 Å². The number of nitrogens with zero attached hydrogens (tertiary/aromatic N) is 3. The Morgan fingerprint density at radius 2 is 1.79 bits per heavy atom. The predicted octanol–water partition coefficient (Wildman–Crippen LogP) is 4.51. The number of hydrogen-bond donors (Lipinski definition) is 1. The molecule has 1 atom stereocenters. The first-order chi connectivity index (χ1) is 13.7. The lowest BCUT2D eigenvalue weighted by molar-refractivity contribution is 0.0744. The third-order valence-corrected chi connectivity index (χ3v) is 5.19. The minimum atomic E-state index is 0.0702. The first-order valence-electron chi connectivity index (χ1n) is 9.39. The van der Waals surface area contributed by atoms with Gasteiger partial charge in [-0.1, -0.05) is 60.1 Å². The van der Waals surface area contributed by atoms with Crippen molar-refractivity contribution >= 4 is 23.5 Å². The third-order valence-electron chi connectivity index (χ3n) is 5.00. The zero-order valence-electron chi connectivity index (χ0n) is 15.4. The molecule has 4 rings (SSSR count). The van der Waals surface area contributed by atoms with E-state index in [9.17, 15) is 4.79 Å². The first-order valence-corrected chi connectivity index (χ1v) is 9.77. The Labute approximate surface area is 169 Å². The van der Waals surface area contributed by atoms with Crippen LogP contribution in [-0.2, 0) is 0 Å². The average Bonchev–Trinajstić information content (AvgIpc) is 3.22. The molecule has 1 saturated heterocycles. The van der Waals surface area contributed by atoms with Crippen molar-refractivity contribution in [3.63, 3.8) is 0 Å². The molecule has 2 aromatic carbocycles. The first kappa shape index (κ1) is 18.4. The van der Waals surface area contributed by atoms with Gasteiger partial charge in [-0.25, -0.2) is 9.97 Å². The average molecular weight is 393 g/mol. The van der Waals surface area contributed by atoms with E-state index in [0.717, 1.165) is 36.1 Å². The van der Waals surface area contributed by atoms with E-state index in [-0.39, 0.29) is 11.9 Å². The van der Waals surface area contributed by atoms with Gasteiger partial charge in [0.25, 0.3) is 5.91 Å². The molecule has 0 spiro atoms. The van der Waals surface area contributed by atoms with E-state index in [4.69, 9.17) is 11.6 Å². The number of carbonyl (C=O) groups is 1. The van der Waals surface area contributed by atoms with Gasteiger partial charge in [-0.05, 0) is 30.0 Å². The van der Waals surface area contributed by atoms with E-state index < -0.39 is 0 Å². The van der Waals surface area contributed by atoms with E-state index in [1.807, 2.05) is 59.5 Å². The fraction of sp³-hybridized carbons (Fsp3) is 0.227. The third kappa shape index (κ3) is 3.99. The molecule has 1 aliphatic rings. The fourth-order valence-corrected chi connectivity index (χ4v) is 3.72. The Balaban J connectivity index is 1.52. The number of amides is 1. The van der Waals surface area contributed by atoms with Crippen LogP contribution in [0.4, 0.5) is 5.95 Å². The molecule has 0 aliphatic carbocycles. The molecule has 0 radical (unpaired) electrons. The highest BCUT2D eigenvalue weighted by molar-refractivity contribution is 6.30.